The number of anilines is 1. The summed E-state index contributed by atoms with van der Waals surface area (Å²) >= 11 is 0. The van der Waals surface area contributed by atoms with Gasteiger partial charge in [0, 0.05) is 37.1 Å². The van der Waals surface area contributed by atoms with E-state index < -0.39 is 0 Å². The molecule has 1 aromatic carbocycles. The molecule has 0 aliphatic rings. The van der Waals surface area contributed by atoms with E-state index in [0.29, 0.717) is 24.3 Å². The molecule has 7 heteroatoms. The molecule has 7 nitrogen and oxygen atoms in total. The lowest BCUT2D eigenvalue weighted by Gasteiger charge is -2.11. The van der Waals surface area contributed by atoms with Crippen LogP contribution in [-0.2, 0) is 13.5 Å². The van der Waals surface area contributed by atoms with Gasteiger partial charge < -0.3 is 16.0 Å². The van der Waals surface area contributed by atoms with Crippen LogP contribution in [0.4, 0.5) is 10.5 Å². The highest BCUT2D eigenvalue weighted by molar-refractivity contribution is 5.96. The Balaban J connectivity index is 1.87. The molecule has 0 saturated carbocycles. The minimum Gasteiger partial charge on any atom is -0.352 e. The first-order chi connectivity index (χ1) is 11.9. The topological polar surface area (TPSA) is 88.1 Å². The molecule has 1 heterocycles. The predicted octanol–water partition coefficient (Wildman–Crippen LogP) is 2.15. The summed E-state index contributed by atoms with van der Waals surface area (Å²) in [5.74, 6) is -0.117. The third-order valence-electron chi connectivity index (χ3n) is 4.09. The van der Waals surface area contributed by atoms with E-state index in [-0.39, 0.29) is 11.9 Å². The zero-order chi connectivity index (χ0) is 18.4. The highest BCUT2D eigenvalue weighted by Crippen LogP contribution is 2.16. The normalized spacial score (nSPS) is 10.4. The van der Waals surface area contributed by atoms with Crippen LogP contribution in [-0.4, -0.2) is 34.8 Å². The molecule has 2 rings (SSSR count). The van der Waals surface area contributed by atoms with E-state index >= 15 is 0 Å². The molecule has 0 unspecified atom stereocenters. The number of aromatic nitrogens is 2. The molecule has 0 fully saturated rings. The monoisotopic (exact) mass is 343 g/mol. The lowest BCUT2D eigenvalue weighted by atomic mass is 10.1. The summed E-state index contributed by atoms with van der Waals surface area (Å²) in [7, 11) is 1.90. The Bertz CT molecular complexity index is 767. The summed E-state index contributed by atoms with van der Waals surface area (Å²) < 4.78 is 1.81. The number of hydrogen-bond donors (Lipinski definition) is 3. The van der Waals surface area contributed by atoms with Gasteiger partial charge in [0.25, 0.3) is 5.91 Å². The minimum absolute atomic E-state index is 0.117. The highest BCUT2D eigenvalue weighted by atomic mass is 16.2. The summed E-state index contributed by atoms with van der Waals surface area (Å²) in [4.78, 5) is 23.9. The number of hydrogen-bond acceptors (Lipinski definition) is 3. The van der Waals surface area contributed by atoms with Crippen LogP contribution in [0, 0.1) is 13.8 Å². The molecule has 2 aromatic rings. The van der Waals surface area contributed by atoms with E-state index in [0.717, 1.165) is 23.2 Å². The molecule has 3 amide bonds. The lowest BCUT2D eigenvalue weighted by molar-refractivity contribution is 0.0955. The van der Waals surface area contributed by atoms with Gasteiger partial charge in [-0.25, -0.2) is 4.79 Å². The second kappa shape index (κ2) is 8.32. The van der Waals surface area contributed by atoms with Crippen molar-refractivity contribution in [3.63, 3.8) is 0 Å². The molecule has 0 aliphatic heterocycles. The standard InChI is InChI=1S/C18H25N5O2/c1-5-19-17(24)14-6-7-16(12(2)10-14)22-18(25)20-9-8-15-11-21-23(4)13(15)3/h6-7,10-11H,5,8-9H2,1-4H3,(H,19,24)(H2,20,22,25). The van der Waals surface area contributed by atoms with Crippen molar-refractivity contribution in [2.75, 3.05) is 18.4 Å². The third kappa shape index (κ3) is 4.82. The summed E-state index contributed by atoms with van der Waals surface area (Å²) in [6.07, 6.45) is 2.54. The molecule has 0 saturated heterocycles. The van der Waals surface area contributed by atoms with Crippen molar-refractivity contribution < 1.29 is 9.59 Å². The largest absolute Gasteiger partial charge is 0.352 e. The number of amides is 3. The molecule has 25 heavy (non-hydrogen) atoms. The van der Waals surface area contributed by atoms with Gasteiger partial charge in [-0.2, -0.15) is 5.10 Å². The van der Waals surface area contributed by atoms with Gasteiger partial charge in [0.2, 0.25) is 0 Å². The Morgan fingerprint density at radius 1 is 1.20 bits per heavy atom. The number of nitrogens with one attached hydrogen (secondary N) is 3. The fourth-order valence-corrected chi connectivity index (χ4v) is 2.47. The van der Waals surface area contributed by atoms with Gasteiger partial charge in [0.15, 0.2) is 0 Å². The SMILES string of the molecule is CCNC(=O)c1ccc(NC(=O)NCCc2cnn(C)c2C)c(C)c1. The smallest absolute Gasteiger partial charge is 0.319 e. The van der Waals surface area contributed by atoms with Crippen molar-refractivity contribution in [2.24, 2.45) is 7.05 Å². The Kier molecular flexibility index (Phi) is 6.16. The van der Waals surface area contributed by atoms with Crippen molar-refractivity contribution >= 4 is 17.6 Å². The molecular weight excluding hydrogens is 318 g/mol. The molecule has 0 aliphatic carbocycles. The first-order valence-electron chi connectivity index (χ1n) is 8.33. The quantitative estimate of drug-likeness (QED) is 0.751. The Morgan fingerprint density at radius 3 is 2.56 bits per heavy atom. The summed E-state index contributed by atoms with van der Waals surface area (Å²) in [6, 6.07) is 4.94. The average molecular weight is 343 g/mol. The van der Waals surface area contributed by atoms with Gasteiger partial charge in [0.1, 0.15) is 0 Å². The summed E-state index contributed by atoms with van der Waals surface area (Å²) in [6.45, 7) is 6.84. The fourth-order valence-electron chi connectivity index (χ4n) is 2.47. The van der Waals surface area contributed by atoms with Crippen LogP contribution in [0.5, 0.6) is 0 Å². The zero-order valence-electron chi connectivity index (χ0n) is 15.1. The molecule has 0 radical (unpaired) electrons. The maximum Gasteiger partial charge on any atom is 0.319 e. The second-order valence-electron chi connectivity index (χ2n) is 5.90. The Labute approximate surface area is 147 Å². The summed E-state index contributed by atoms with van der Waals surface area (Å²) in [5.41, 5.74) is 4.31. The van der Waals surface area contributed by atoms with Crippen LogP contribution in [0.15, 0.2) is 24.4 Å². The Morgan fingerprint density at radius 2 is 1.96 bits per heavy atom. The van der Waals surface area contributed by atoms with Crippen molar-refractivity contribution in [1.82, 2.24) is 20.4 Å². The van der Waals surface area contributed by atoms with Gasteiger partial charge >= 0.3 is 6.03 Å². The molecule has 0 spiro atoms. The molecule has 0 atom stereocenters. The van der Waals surface area contributed by atoms with E-state index in [4.69, 9.17) is 0 Å². The summed E-state index contributed by atoms with van der Waals surface area (Å²) in [5, 5.41) is 12.6. The van der Waals surface area contributed by atoms with Crippen molar-refractivity contribution in [1.29, 1.82) is 0 Å². The van der Waals surface area contributed by atoms with Crippen LogP contribution in [0.1, 0.15) is 34.1 Å². The van der Waals surface area contributed by atoms with E-state index in [1.54, 1.807) is 18.2 Å². The van der Waals surface area contributed by atoms with E-state index in [2.05, 4.69) is 21.0 Å². The molecular formula is C18H25N5O2. The highest BCUT2D eigenvalue weighted by Gasteiger charge is 2.09. The van der Waals surface area contributed by atoms with Crippen molar-refractivity contribution in [2.45, 2.75) is 27.2 Å². The zero-order valence-corrected chi connectivity index (χ0v) is 15.1. The number of urea groups is 1. The maximum atomic E-state index is 12.0. The predicted molar refractivity (Wildman–Crippen MR) is 97.9 cm³/mol. The third-order valence-corrected chi connectivity index (χ3v) is 4.09. The molecule has 1 aromatic heterocycles. The number of benzene rings is 1. The average Bonchev–Trinajstić information content (AvgIpc) is 2.89. The van der Waals surface area contributed by atoms with Gasteiger partial charge in [-0.05, 0) is 56.5 Å². The molecule has 134 valence electrons. The van der Waals surface area contributed by atoms with E-state index in [1.807, 2.05) is 38.7 Å². The maximum absolute atomic E-state index is 12.0. The van der Waals surface area contributed by atoms with Crippen LogP contribution >= 0.6 is 0 Å². The lowest BCUT2D eigenvalue weighted by Crippen LogP contribution is -2.30. The second-order valence-corrected chi connectivity index (χ2v) is 5.90. The van der Waals surface area contributed by atoms with Gasteiger partial charge in [0.05, 0.1) is 6.20 Å². The van der Waals surface area contributed by atoms with E-state index in [9.17, 15) is 9.59 Å². The van der Waals surface area contributed by atoms with Crippen LogP contribution in [0.2, 0.25) is 0 Å². The van der Waals surface area contributed by atoms with Crippen LogP contribution in [0.25, 0.3) is 0 Å². The Hall–Kier alpha value is -2.83. The van der Waals surface area contributed by atoms with Crippen molar-refractivity contribution in [3.05, 3.63) is 46.8 Å². The fraction of sp³-hybridized carbons (Fsp3) is 0.389. The number of rotatable bonds is 6. The van der Waals surface area contributed by atoms with Gasteiger partial charge in [-0.3, -0.25) is 9.48 Å². The number of nitrogens with zero attached hydrogens (tertiary/aromatic N) is 2. The van der Waals surface area contributed by atoms with E-state index in [1.165, 1.54) is 0 Å². The van der Waals surface area contributed by atoms with Crippen molar-refractivity contribution in [3.8, 4) is 0 Å². The minimum atomic E-state index is -0.268. The number of carbonyl (C=O) groups is 2. The van der Waals surface area contributed by atoms with Crippen LogP contribution < -0.4 is 16.0 Å². The van der Waals surface area contributed by atoms with Gasteiger partial charge in [-0.1, -0.05) is 0 Å². The number of carbonyl (C=O) groups excluding carboxylic acids is 2. The van der Waals surface area contributed by atoms with Crippen LogP contribution in [0.3, 0.4) is 0 Å². The number of aryl methyl sites for hydroxylation is 2. The first kappa shape index (κ1) is 18.5. The first-order valence-corrected chi connectivity index (χ1v) is 8.33. The van der Waals surface area contributed by atoms with Gasteiger partial charge in [-0.15, -0.1) is 0 Å². The molecule has 3 N–H and O–H groups in total. The molecule has 0 bridgehead atoms.